The van der Waals surface area contributed by atoms with Gasteiger partial charge in [-0.15, -0.1) is 0 Å². The van der Waals surface area contributed by atoms with Crippen LogP contribution in [0.4, 0.5) is 5.82 Å². The predicted molar refractivity (Wildman–Crippen MR) is 116 cm³/mol. The van der Waals surface area contributed by atoms with Crippen molar-refractivity contribution in [2.75, 3.05) is 12.4 Å². The van der Waals surface area contributed by atoms with E-state index in [1.165, 1.54) is 0 Å². The normalized spacial score (nSPS) is 12.3. The lowest BCUT2D eigenvalue weighted by molar-refractivity contribution is 0.471. The minimum atomic E-state index is -0.476. The number of anilines is 1. The SMILES string of the molecule is CN=Cc1cccc(C(Nc2cnccn2)c2ccc3cccnc3c2O)c1Cl. The number of nitrogens with one attached hydrogen (secondary N) is 1. The van der Waals surface area contributed by atoms with Gasteiger partial charge in [0, 0.05) is 48.4 Å². The van der Waals surface area contributed by atoms with Crippen molar-refractivity contribution in [3.8, 4) is 5.75 Å². The minimum Gasteiger partial charge on any atom is -0.505 e. The van der Waals surface area contributed by atoms with Gasteiger partial charge in [0.05, 0.1) is 17.3 Å². The van der Waals surface area contributed by atoms with Crippen LogP contribution in [0.1, 0.15) is 22.7 Å². The number of fused-ring (bicyclic) bond motifs is 1. The molecule has 0 aliphatic carbocycles. The van der Waals surface area contributed by atoms with E-state index in [0.717, 1.165) is 16.5 Å². The van der Waals surface area contributed by atoms with Crippen LogP contribution in [0, 0.1) is 0 Å². The summed E-state index contributed by atoms with van der Waals surface area (Å²) in [5.74, 6) is 0.652. The van der Waals surface area contributed by atoms with Crippen LogP contribution in [-0.2, 0) is 0 Å². The zero-order chi connectivity index (χ0) is 20.2. The smallest absolute Gasteiger partial charge is 0.147 e. The molecule has 1 atom stereocenters. The van der Waals surface area contributed by atoms with Crippen LogP contribution in [0.25, 0.3) is 10.9 Å². The van der Waals surface area contributed by atoms with Gasteiger partial charge in [0.15, 0.2) is 0 Å². The van der Waals surface area contributed by atoms with Crippen molar-refractivity contribution in [1.29, 1.82) is 0 Å². The quantitative estimate of drug-likeness (QED) is 0.474. The molecule has 0 aliphatic rings. The summed E-state index contributed by atoms with van der Waals surface area (Å²) in [7, 11) is 1.69. The van der Waals surface area contributed by atoms with Crippen molar-refractivity contribution < 1.29 is 5.11 Å². The maximum absolute atomic E-state index is 11.0. The van der Waals surface area contributed by atoms with Crippen molar-refractivity contribution >= 4 is 34.5 Å². The van der Waals surface area contributed by atoms with E-state index in [9.17, 15) is 5.11 Å². The van der Waals surface area contributed by atoms with E-state index in [1.807, 2.05) is 42.5 Å². The van der Waals surface area contributed by atoms with Gasteiger partial charge in [0.25, 0.3) is 0 Å². The van der Waals surface area contributed by atoms with E-state index < -0.39 is 6.04 Å². The topological polar surface area (TPSA) is 83.3 Å². The number of benzene rings is 2. The number of rotatable bonds is 5. The molecule has 0 bridgehead atoms. The molecule has 4 rings (SSSR count). The molecule has 0 aliphatic heterocycles. The second-order valence-corrected chi connectivity index (χ2v) is 6.76. The number of nitrogens with zero attached hydrogens (tertiary/aromatic N) is 4. The maximum Gasteiger partial charge on any atom is 0.147 e. The van der Waals surface area contributed by atoms with Gasteiger partial charge in [-0.1, -0.05) is 48.0 Å². The molecule has 1 unspecified atom stereocenters. The standard InChI is InChI=1S/C22H18ClN5O/c1-24-12-15-4-2-6-16(19(15)23)21(28-18-13-25-10-11-26-18)17-8-7-14-5-3-9-27-20(14)22(17)29/h2-13,21,29H,1H3,(H,26,28). The summed E-state index contributed by atoms with van der Waals surface area (Å²) in [5, 5.41) is 15.7. The summed E-state index contributed by atoms with van der Waals surface area (Å²) in [6.45, 7) is 0. The van der Waals surface area contributed by atoms with E-state index in [4.69, 9.17) is 11.6 Å². The van der Waals surface area contributed by atoms with E-state index >= 15 is 0 Å². The van der Waals surface area contributed by atoms with Crippen LogP contribution in [0.15, 0.2) is 72.2 Å². The van der Waals surface area contributed by atoms with Crippen LogP contribution in [0.2, 0.25) is 5.02 Å². The highest BCUT2D eigenvalue weighted by Crippen LogP contribution is 2.39. The van der Waals surface area contributed by atoms with Gasteiger partial charge in [0.1, 0.15) is 17.1 Å². The first-order valence-electron chi connectivity index (χ1n) is 8.98. The van der Waals surface area contributed by atoms with Crippen molar-refractivity contribution in [2.45, 2.75) is 6.04 Å². The Hall–Kier alpha value is -3.51. The summed E-state index contributed by atoms with van der Waals surface area (Å²) in [6.07, 6.45) is 8.18. The Morgan fingerprint density at radius 2 is 1.93 bits per heavy atom. The Kier molecular flexibility index (Phi) is 5.35. The van der Waals surface area contributed by atoms with Gasteiger partial charge < -0.3 is 10.4 Å². The summed E-state index contributed by atoms with van der Waals surface area (Å²) >= 11 is 6.70. The van der Waals surface area contributed by atoms with Crippen molar-refractivity contribution in [3.63, 3.8) is 0 Å². The molecule has 2 aromatic heterocycles. The zero-order valence-corrected chi connectivity index (χ0v) is 16.4. The summed E-state index contributed by atoms with van der Waals surface area (Å²) in [6, 6.07) is 12.8. The lowest BCUT2D eigenvalue weighted by Crippen LogP contribution is -2.15. The number of phenols is 1. The Bertz CT molecular complexity index is 1180. The molecule has 2 N–H and O–H groups in total. The first-order chi connectivity index (χ1) is 14.2. The number of hydrogen-bond donors (Lipinski definition) is 2. The predicted octanol–water partition coefficient (Wildman–Crippen LogP) is 4.63. The number of pyridine rings is 1. The first-order valence-corrected chi connectivity index (χ1v) is 9.36. The molecule has 2 heterocycles. The van der Waals surface area contributed by atoms with Gasteiger partial charge in [-0.25, -0.2) is 4.98 Å². The van der Waals surface area contributed by atoms with Gasteiger partial charge in [-0.3, -0.25) is 15.0 Å². The molecule has 0 radical (unpaired) electrons. The molecule has 0 amide bonds. The highest BCUT2D eigenvalue weighted by atomic mass is 35.5. The third-order valence-corrected chi connectivity index (χ3v) is 5.02. The molecule has 6 nitrogen and oxygen atoms in total. The lowest BCUT2D eigenvalue weighted by Gasteiger charge is -2.23. The fourth-order valence-electron chi connectivity index (χ4n) is 3.25. The molecule has 144 valence electrons. The van der Waals surface area contributed by atoms with Gasteiger partial charge in [-0.05, 0) is 11.6 Å². The average molecular weight is 404 g/mol. The van der Waals surface area contributed by atoms with Gasteiger partial charge in [-0.2, -0.15) is 0 Å². The number of aromatic hydroxyl groups is 1. The molecular formula is C22H18ClN5O. The maximum atomic E-state index is 11.0. The van der Waals surface area contributed by atoms with Crippen molar-refractivity contribution in [1.82, 2.24) is 15.0 Å². The molecule has 29 heavy (non-hydrogen) atoms. The Morgan fingerprint density at radius 1 is 1.03 bits per heavy atom. The highest BCUT2D eigenvalue weighted by Gasteiger charge is 2.23. The van der Waals surface area contributed by atoms with Crippen LogP contribution >= 0.6 is 11.6 Å². The fourth-order valence-corrected chi connectivity index (χ4v) is 3.54. The van der Waals surface area contributed by atoms with Crippen molar-refractivity contribution in [2.24, 2.45) is 4.99 Å². The van der Waals surface area contributed by atoms with Crippen LogP contribution in [-0.4, -0.2) is 33.3 Å². The Labute approximate surface area is 173 Å². The second kappa shape index (κ2) is 8.24. The largest absolute Gasteiger partial charge is 0.505 e. The molecule has 0 spiro atoms. The van der Waals surface area contributed by atoms with E-state index in [0.29, 0.717) is 21.9 Å². The number of aromatic nitrogens is 3. The van der Waals surface area contributed by atoms with E-state index in [1.54, 1.807) is 38.0 Å². The zero-order valence-electron chi connectivity index (χ0n) is 15.6. The Balaban J connectivity index is 1.90. The van der Waals surface area contributed by atoms with Gasteiger partial charge in [0.2, 0.25) is 0 Å². The number of halogens is 1. The summed E-state index contributed by atoms with van der Waals surface area (Å²) in [4.78, 5) is 16.8. The average Bonchev–Trinajstić information content (AvgIpc) is 2.75. The molecular weight excluding hydrogens is 386 g/mol. The third-order valence-electron chi connectivity index (χ3n) is 4.58. The molecule has 2 aromatic carbocycles. The van der Waals surface area contributed by atoms with E-state index in [2.05, 4.69) is 25.3 Å². The number of aliphatic imine (C=N–C) groups is 1. The second-order valence-electron chi connectivity index (χ2n) is 6.38. The van der Waals surface area contributed by atoms with Crippen LogP contribution in [0.5, 0.6) is 5.75 Å². The molecule has 0 fully saturated rings. The molecule has 7 heteroatoms. The minimum absolute atomic E-state index is 0.0927. The lowest BCUT2D eigenvalue weighted by atomic mass is 9.95. The van der Waals surface area contributed by atoms with Crippen LogP contribution in [0.3, 0.4) is 0 Å². The molecule has 0 saturated heterocycles. The first kappa shape index (κ1) is 18.8. The Morgan fingerprint density at radius 3 is 2.72 bits per heavy atom. The number of hydrogen-bond acceptors (Lipinski definition) is 6. The third kappa shape index (κ3) is 3.75. The van der Waals surface area contributed by atoms with E-state index in [-0.39, 0.29) is 5.75 Å². The van der Waals surface area contributed by atoms with Crippen molar-refractivity contribution in [3.05, 3.63) is 89.0 Å². The fraction of sp³-hybridized carbons (Fsp3) is 0.0909. The molecule has 0 saturated carbocycles. The summed E-state index contributed by atoms with van der Waals surface area (Å²) in [5.41, 5.74) is 2.73. The van der Waals surface area contributed by atoms with Gasteiger partial charge >= 0.3 is 0 Å². The monoisotopic (exact) mass is 403 g/mol. The van der Waals surface area contributed by atoms with Crippen LogP contribution < -0.4 is 5.32 Å². The molecule has 4 aromatic rings. The highest BCUT2D eigenvalue weighted by molar-refractivity contribution is 6.34. The summed E-state index contributed by atoms with van der Waals surface area (Å²) < 4.78 is 0. The number of phenolic OH excluding ortho intramolecular Hbond substituents is 1.